The van der Waals surface area contributed by atoms with E-state index < -0.39 is 36.1 Å². The Kier molecular flexibility index (Phi) is 9.14. The van der Waals surface area contributed by atoms with E-state index in [0.717, 1.165) is 22.7 Å². The highest BCUT2D eigenvalue weighted by Gasteiger charge is 2.48. The van der Waals surface area contributed by atoms with E-state index in [4.69, 9.17) is 23.7 Å². The highest BCUT2D eigenvalue weighted by atomic mass is 32.1. The molecule has 2 N–H and O–H groups in total. The second-order valence-electron chi connectivity index (χ2n) is 9.06. The predicted molar refractivity (Wildman–Crippen MR) is 148 cm³/mol. The Morgan fingerprint density at radius 3 is 2.40 bits per heavy atom. The van der Waals surface area contributed by atoms with Gasteiger partial charge in [-0.3, -0.25) is 15.1 Å². The van der Waals surface area contributed by atoms with Crippen LogP contribution in [0.4, 0.5) is 10.7 Å². The Labute approximate surface area is 234 Å². The van der Waals surface area contributed by atoms with Crippen LogP contribution >= 0.6 is 11.5 Å². The number of nitrogens with zero attached hydrogens (tertiary/aromatic N) is 2. The minimum Gasteiger partial charge on any atom is -0.450 e. The van der Waals surface area contributed by atoms with Crippen molar-refractivity contribution in [1.82, 2.24) is 14.3 Å². The molecule has 1 aliphatic heterocycles. The summed E-state index contributed by atoms with van der Waals surface area (Å²) in [5.74, 6) is -0.0526. The lowest BCUT2D eigenvalue weighted by Gasteiger charge is -2.23. The minimum atomic E-state index is -0.731. The van der Waals surface area contributed by atoms with Gasteiger partial charge in [0, 0.05) is 7.11 Å². The third-order valence-electron chi connectivity index (χ3n) is 6.38. The Morgan fingerprint density at radius 2 is 1.73 bits per heavy atom. The van der Waals surface area contributed by atoms with Crippen molar-refractivity contribution in [2.45, 2.75) is 44.6 Å². The van der Waals surface area contributed by atoms with Crippen molar-refractivity contribution in [3.8, 4) is 0 Å². The zero-order valence-electron chi connectivity index (χ0n) is 22.1. The summed E-state index contributed by atoms with van der Waals surface area (Å²) in [7, 11) is 1.61. The van der Waals surface area contributed by atoms with E-state index in [2.05, 4.69) is 19.7 Å². The van der Waals surface area contributed by atoms with Crippen molar-refractivity contribution in [2.24, 2.45) is 0 Å². The van der Waals surface area contributed by atoms with Crippen molar-refractivity contribution in [2.75, 3.05) is 25.6 Å². The lowest BCUT2D eigenvalue weighted by Crippen LogP contribution is -2.37. The number of hydrogen-bond donors (Lipinski definition) is 2. The van der Waals surface area contributed by atoms with Crippen LogP contribution in [0.15, 0.2) is 65.5 Å². The van der Waals surface area contributed by atoms with Crippen molar-refractivity contribution in [3.05, 3.63) is 87.0 Å². The second kappa shape index (κ2) is 13.1. The summed E-state index contributed by atoms with van der Waals surface area (Å²) in [6.45, 7) is 2.85. The molecule has 210 valence electrons. The third kappa shape index (κ3) is 6.37. The quantitative estimate of drug-likeness (QED) is 0.274. The number of benzene rings is 2. The molecule has 1 amide bonds. The molecule has 3 heterocycles. The first-order valence-electron chi connectivity index (χ1n) is 12.9. The summed E-state index contributed by atoms with van der Waals surface area (Å²) < 4.78 is 34.0. The number of carbonyl (C=O) groups excluding carboxylic acids is 1. The molecule has 1 fully saturated rings. The molecule has 40 heavy (non-hydrogen) atoms. The average Bonchev–Trinajstić information content (AvgIpc) is 3.54. The number of ether oxygens (including phenoxy) is 5. The van der Waals surface area contributed by atoms with Crippen LogP contribution in [0.3, 0.4) is 0 Å². The predicted octanol–water partition coefficient (Wildman–Crippen LogP) is 4.21. The summed E-state index contributed by atoms with van der Waals surface area (Å²) in [6.07, 6.45) is -2.87. The van der Waals surface area contributed by atoms with E-state index in [0.29, 0.717) is 23.6 Å². The molecule has 2 aromatic heterocycles. The number of anilines is 1. The number of methoxy groups -OCH3 is 1. The highest BCUT2D eigenvalue weighted by Crippen LogP contribution is 2.41. The lowest BCUT2D eigenvalue weighted by atomic mass is 10.1. The van der Waals surface area contributed by atoms with Crippen molar-refractivity contribution in [3.63, 3.8) is 0 Å². The fourth-order valence-corrected chi connectivity index (χ4v) is 5.43. The summed E-state index contributed by atoms with van der Waals surface area (Å²) in [5, 5.41) is 2.45. The number of aromatic amines is 1. The molecule has 0 spiro atoms. The molecule has 12 heteroatoms. The number of amides is 1. The Hall–Kier alpha value is -3.68. The summed E-state index contributed by atoms with van der Waals surface area (Å²) in [6, 6.07) is 19.6. The van der Waals surface area contributed by atoms with Crippen LogP contribution in [0.2, 0.25) is 0 Å². The van der Waals surface area contributed by atoms with Crippen molar-refractivity contribution < 1.29 is 28.5 Å². The van der Waals surface area contributed by atoms with Crippen LogP contribution in [-0.4, -0.2) is 59.1 Å². The standard InChI is InChI=1S/C28H30N4O7S/c1-3-37-28(34)31-27-29-20-21(26(33)30-27)32-40-25(20)24-23(38-15-18-12-8-5-9-13-18)22(35-2)19(39-24)16-36-14-17-10-6-4-7-11-17/h4-13,19,22-24H,3,14-16H2,1-2H3,(H2,29,30,31,33,34)/t19-,22-,23-,24-/m1/s1. The van der Waals surface area contributed by atoms with E-state index in [1.54, 1.807) is 14.0 Å². The van der Waals surface area contributed by atoms with Gasteiger partial charge in [0.25, 0.3) is 5.56 Å². The molecular formula is C28H30N4O7S. The van der Waals surface area contributed by atoms with E-state index in [9.17, 15) is 9.59 Å². The van der Waals surface area contributed by atoms with Gasteiger partial charge >= 0.3 is 6.09 Å². The van der Waals surface area contributed by atoms with Gasteiger partial charge in [-0.05, 0) is 29.6 Å². The van der Waals surface area contributed by atoms with Gasteiger partial charge < -0.3 is 23.7 Å². The Balaban J connectivity index is 1.43. The number of H-pyrrole nitrogens is 1. The van der Waals surface area contributed by atoms with Gasteiger partial charge in [0.15, 0.2) is 5.52 Å². The van der Waals surface area contributed by atoms with Crippen LogP contribution in [0.1, 0.15) is 29.0 Å². The molecule has 0 unspecified atom stereocenters. The number of nitrogens with one attached hydrogen (secondary N) is 2. The van der Waals surface area contributed by atoms with Crippen LogP contribution in [0.5, 0.6) is 0 Å². The molecule has 4 aromatic rings. The maximum absolute atomic E-state index is 12.8. The highest BCUT2D eigenvalue weighted by molar-refractivity contribution is 7.07. The summed E-state index contributed by atoms with van der Waals surface area (Å²) in [5.41, 5.74) is 1.98. The molecule has 0 saturated carbocycles. The first-order valence-corrected chi connectivity index (χ1v) is 13.6. The SMILES string of the molecule is CCOC(=O)Nc1nc2c([C@@H]3O[C@H](COCc4ccccc4)[C@@H](OC)[C@H]3OCc3ccccc3)snc2c(=O)[nH]1. The zero-order valence-corrected chi connectivity index (χ0v) is 22.9. The van der Waals surface area contributed by atoms with Crippen molar-refractivity contribution in [1.29, 1.82) is 0 Å². The Bertz CT molecular complexity index is 1460. The zero-order chi connectivity index (χ0) is 27.9. The number of fused-ring (bicyclic) bond motifs is 1. The van der Waals surface area contributed by atoms with Gasteiger partial charge in [-0.2, -0.15) is 4.37 Å². The van der Waals surface area contributed by atoms with E-state index >= 15 is 0 Å². The average molecular weight is 567 g/mol. The van der Waals surface area contributed by atoms with E-state index in [1.165, 1.54) is 0 Å². The fourth-order valence-electron chi connectivity index (χ4n) is 4.55. The number of aromatic nitrogens is 3. The molecule has 2 aromatic carbocycles. The maximum Gasteiger partial charge on any atom is 0.413 e. The van der Waals surface area contributed by atoms with Crippen molar-refractivity contribution >= 4 is 34.6 Å². The van der Waals surface area contributed by atoms with Crippen LogP contribution < -0.4 is 10.9 Å². The smallest absolute Gasteiger partial charge is 0.413 e. The fraction of sp³-hybridized carbons (Fsp3) is 0.357. The van der Waals surface area contributed by atoms with E-state index in [-0.39, 0.29) is 24.7 Å². The van der Waals surface area contributed by atoms with Gasteiger partial charge in [0.2, 0.25) is 5.95 Å². The monoisotopic (exact) mass is 566 g/mol. The third-order valence-corrected chi connectivity index (χ3v) is 7.28. The normalized spacial score (nSPS) is 20.6. The van der Waals surface area contributed by atoms with Gasteiger partial charge in [-0.1, -0.05) is 60.7 Å². The number of rotatable bonds is 11. The van der Waals surface area contributed by atoms with Crippen LogP contribution in [-0.2, 0) is 36.9 Å². The Morgan fingerprint density at radius 1 is 1.02 bits per heavy atom. The number of hydrogen-bond acceptors (Lipinski definition) is 10. The molecule has 0 bridgehead atoms. The number of carbonyl (C=O) groups is 1. The van der Waals surface area contributed by atoms with Crippen LogP contribution in [0.25, 0.3) is 11.0 Å². The van der Waals surface area contributed by atoms with E-state index in [1.807, 2.05) is 60.7 Å². The largest absolute Gasteiger partial charge is 0.450 e. The molecule has 1 saturated heterocycles. The van der Waals surface area contributed by atoms with Gasteiger partial charge in [0.05, 0.1) is 31.3 Å². The van der Waals surface area contributed by atoms with Gasteiger partial charge in [-0.25, -0.2) is 9.78 Å². The first kappa shape index (κ1) is 27.9. The van der Waals surface area contributed by atoms with Crippen LogP contribution in [0, 0.1) is 0 Å². The molecule has 0 aliphatic carbocycles. The van der Waals surface area contributed by atoms with Gasteiger partial charge in [0.1, 0.15) is 29.9 Å². The lowest BCUT2D eigenvalue weighted by molar-refractivity contribution is -0.0666. The molecule has 4 atom stereocenters. The maximum atomic E-state index is 12.8. The summed E-state index contributed by atoms with van der Waals surface area (Å²) in [4.78, 5) is 32.3. The minimum absolute atomic E-state index is 0.0526. The molecule has 11 nitrogen and oxygen atoms in total. The molecular weight excluding hydrogens is 536 g/mol. The second-order valence-corrected chi connectivity index (χ2v) is 9.87. The summed E-state index contributed by atoms with van der Waals surface area (Å²) >= 11 is 1.09. The first-order chi connectivity index (χ1) is 19.6. The van der Waals surface area contributed by atoms with Gasteiger partial charge in [-0.15, -0.1) is 0 Å². The molecule has 0 radical (unpaired) electrons. The molecule has 5 rings (SSSR count). The molecule has 1 aliphatic rings. The topological polar surface area (TPSA) is 134 Å².